The first kappa shape index (κ1) is 16.3. The molecule has 0 aliphatic rings. The quantitative estimate of drug-likeness (QED) is 0.630. The zero-order chi connectivity index (χ0) is 15.4. The van der Waals surface area contributed by atoms with Gasteiger partial charge in [0.1, 0.15) is 0 Å². The number of anilines is 1. The number of nitrogen functional groups attached to an aromatic ring is 1. The third-order valence-corrected chi connectivity index (χ3v) is 4.61. The van der Waals surface area contributed by atoms with Gasteiger partial charge in [0.05, 0.1) is 10.7 Å². The molecular formula is C16H22ClN3S. The van der Waals surface area contributed by atoms with E-state index in [-0.39, 0.29) is 0 Å². The van der Waals surface area contributed by atoms with Gasteiger partial charge in [0.15, 0.2) is 0 Å². The van der Waals surface area contributed by atoms with Crippen LogP contribution in [0.25, 0.3) is 11.1 Å². The van der Waals surface area contributed by atoms with Gasteiger partial charge in [-0.25, -0.2) is 0 Å². The molecule has 2 rings (SSSR count). The largest absolute Gasteiger partial charge is 0.397 e. The highest BCUT2D eigenvalue weighted by atomic mass is 35.5. The van der Waals surface area contributed by atoms with Crippen molar-refractivity contribution >= 4 is 28.6 Å². The van der Waals surface area contributed by atoms with E-state index >= 15 is 0 Å². The van der Waals surface area contributed by atoms with Crippen LogP contribution in [0.2, 0.25) is 5.02 Å². The number of rotatable bonds is 6. The summed E-state index contributed by atoms with van der Waals surface area (Å²) in [6.45, 7) is 4.93. The Kier molecular flexibility index (Phi) is 5.65. The van der Waals surface area contributed by atoms with Crippen LogP contribution < -0.4 is 11.1 Å². The molecule has 0 atom stereocenters. The molecule has 0 saturated heterocycles. The molecular weight excluding hydrogens is 302 g/mol. The highest BCUT2D eigenvalue weighted by Gasteiger charge is 2.07. The number of nitrogens with one attached hydrogen (secondary N) is 1. The summed E-state index contributed by atoms with van der Waals surface area (Å²) in [7, 11) is 4.16. The summed E-state index contributed by atoms with van der Waals surface area (Å²) in [6, 6.07) is 6.25. The van der Waals surface area contributed by atoms with Gasteiger partial charge in [0.25, 0.3) is 0 Å². The fourth-order valence-corrected chi connectivity index (χ4v) is 3.19. The number of hydrogen-bond acceptors (Lipinski definition) is 4. The number of nitrogens with zero attached hydrogens (tertiary/aromatic N) is 1. The maximum atomic E-state index is 6.17. The van der Waals surface area contributed by atoms with Gasteiger partial charge in [0, 0.05) is 24.5 Å². The lowest BCUT2D eigenvalue weighted by molar-refractivity contribution is 0.400. The summed E-state index contributed by atoms with van der Waals surface area (Å²) in [6.07, 6.45) is 0. The van der Waals surface area contributed by atoms with E-state index in [2.05, 4.69) is 41.8 Å². The van der Waals surface area contributed by atoms with Crippen molar-refractivity contribution in [3.8, 4) is 11.1 Å². The number of likely N-dealkylation sites (N-methyl/N-ethyl adjacent to an activating group) is 1. The van der Waals surface area contributed by atoms with Gasteiger partial charge in [-0.15, -0.1) is 11.3 Å². The van der Waals surface area contributed by atoms with E-state index in [1.165, 1.54) is 10.4 Å². The summed E-state index contributed by atoms with van der Waals surface area (Å²) < 4.78 is 0. The molecule has 0 bridgehead atoms. The molecule has 0 saturated carbocycles. The molecule has 3 N–H and O–H groups in total. The summed E-state index contributed by atoms with van der Waals surface area (Å²) >= 11 is 7.94. The Morgan fingerprint density at radius 1 is 1.24 bits per heavy atom. The predicted octanol–water partition coefficient (Wildman–Crippen LogP) is 3.61. The van der Waals surface area contributed by atoms with Gasteiger partial charge in [0.2, 0.25) is 0 Å². The van der Waals surface area contributed by atoms with E-state index in [0.717, 1.165) is 30.8 Å². The normalized spacial score (nSPS) is 11.3. The number of nitrogens with two attached hydrogens (primary N) is 1. The third kappa shape index (κ3) is 4.45. The standard InChI is InChI=1S/C16H22ClN3S/c1-11-6-12(8-15(17)16(11)18)13-7-14(21-10-13)9-19-4-5-20(2)3/h6-8,10,19H,4-5,9,18H2,1-3H3. The summed E-state index contributed by atoms with van der Waals surface area (Å²) in [5.41, 5.74) is 9.92. The van der Waals surface area contributed by atoms with Crippen molar-refractivity contribution in [2.24, 2.45) is 0 Å². The molecule has 0 fully saturated rings. The van der Waals surface area contributed by atoms with Gasteiger partial charge >= 0.3 is 0 Å². The van der Waals surface area contributed by atoms with Crippen molar-refractivity contribution in [3.05, 3.63) is 39.0 Å². The minimum atomic E-state index is 0.627. The van der Waals surface area contributed by atoms with E-state index in [4.69, 9.17) is 17.3 Å². The lowest BCUT2D eigenvalue weighted by atomic mass is 10.0. The average Bonchev–Trinajstić information content (AvgIpc) is 2.89. The molecule has 0 amide bonds. The minimum absolute atomic E-state index is 0.627. The SMILES string of the molecule is Cc1cc(-c2csc(CNCCN(C)C)c2)cc(Cl)c1N. The Balaban J connectivity index is 2.03. The molecule has 114 valence electrons. The fraction of sp³-hybridized carbons (Fsp3) is 0.375. The van der Waals surface area contributed by atoms with Crippen molar-refractivity contribution in [2.75, 3.05) is 32.9 Å². The van der Waals surface area contributed by atoms with Gasteiger partial charge < -0.3 is 16.0 Å². The second-order valence-corrected chi connectivity index (χ2v) is 6.87. The van der Waals surface area contributed by atoms with Crippen LogP contribution >= 0.6 is 22.9 Å². The van der Waals surface area contributed by atoms with Crippen LogP contribution in [0.1, 0.15) is 10.4 Å². The second-order valence-electron chi connectivity index (χ2n) is 5.47. The molecule has 0 aliphatic heterocycles. The Hall–Kier alpha value is -1.07. The van der Waals surface area contributed by atoms with Gasteiger partial charge in [-0.05, 0) is 61.3 Å². The number of hydrogen-bond donors (Lipinski definition) is 2. The fourth-order valence-electron chi connectivity index (χ4n) is 2.06. The highest BCUT2D eigenvalue weighted by Crippen LogP contribution is 2.32. The van der Waals surface area contributed by atoms with Crippen LogP contribution in [0, 0.1) is 6.92 Å². The zero-order valence-corrected chi connectivity index (χ0v) is 14.3. The topological polar surface area (TPSA) is 41.3 Å². The predicted molar refractivity (Wildman–Crippen MR) is 94.2 cm³/mol. The molecule has 1 heterocycles. The lowest BCUT2D eigenvalue weighted by Gasteiger charge is -2.09. The van der Waals surface area contributed by atoms with Gasteiger partial charge in [-0.1, -0.05) is 11.6 Å². The van der Waals surface area contributed by atoms with E-state index in [1.807, 2.05) is 13.0 Å². The van der Waals surface area contributed by atoms with Crippen LogP contribution in [0.3, 0.4) is 0 Å². The van der Waals surface area contributed by atoms with E-state index in [9.17, 15) is 0 Å². The van der Waals surface area contributed by atoms with Crippen LogP contribution in [-0.4, -0.2) is 32.1 Å². The number of aryl methyl sites for hydroxylation is 1. The maximum Gasteiger partial charge on any atom is 0.0644 e. The minimum Gasteiger partial charge on any atom is -0.397 e. The first-order valence-corrected chi connectivity index (χ1v) is 8.22. The Labute approximate surface area is 135 Å². The van der Waals surface area contributed by atoms with Crippen LogP contribution in [0.5, 0.6) is 0 Å². The molecule has 0 spiro atoms. The molecule has 0 unspecified atom stereocenters. The number of halogens is 1. The van der Waals surface area contributed by atoms with E-state index < -0.39 is 0 Å². The van der Waals surface area contributed by atoms with Gasteiger partial charge in [-0.3, -0.25) is 0 Å². The van der Waals surface area contributed by atoms with E-state index in [1.54, 1.807) is 11.3 Å². The summed E-state index contributed by atoms with van der Waals surface area (Å²) in [4.78, 5) is 3.50. The smallest absolute Gasteiger partial charge is 0.0644 e. The summed E-state index contributed by atoms with van der Waals surface area (Å²) in [5, 5.41) is 6.25. The first-order chi connectivity index (χ1) is 9.97. The van der Waals surface area contributed by atoms with Gasteiger partial charge in [-0.2, -0.15) is 0 Å². The van der Waals surface area contributed by atoms with E-state index in [0.29, 0.717) is 10.7 Å². The Morgan fingerprint density at radius 3 is 2.67 bits per heavy atom. The second kappa shape index (κ2) is 7.27. The monoisotopic (exact) mass is 323 g/mol. The Morgan fingerprint density at radius 2 is 2.00 bits per heavy atom. The molecule has 3 nitrogen and oxygen atoms in total. The van der Waals surface area contributed by atoms with Crippen molar-refractivity contribution in [1.82, 2.24) is 10.2 Å². The molecule has 0 aliphatic carbocycles. The molecule has 5 heteroatoms. The lowest BCUT2D eigenvalue weighted by Crippen LogP contribution is -2.25. The Bertz CT molecular complexity index is 584. The van der Waals surface area contributed by atoms with Crippen LogP contribution in [0.4, 0.5) is 5.69 Å². The van der Waals surface area contributed by atoms with Crippen molar-refractivity contribution < 1.29 is 0 Å². The molecule has 1 aromatic carbocycles. The molecule has 1 aromatic heterocycles. The maximum absolute atomic E-state index is 6.17. The zero-order valence-electron chi connectivity index (χ0n) is 12.7. The number of thiophene rings is 1. The first-order valence-electron chi connectivity index (χ1n) is 6.96. The molecule has 0 radical (unpaired) electrons. The number of benzene rings is 1. The highest BCUT2D eigenvalue weighted by molar-refractivity contribution is 7.10. The van der Waals surface area contributed by atoms with Crippen molar-refractivity contribution in [2.45, 2.75) is 13.5 Å². The molecule has 2 aromatic rings. The van der Waals surface area contributed by atoms with Crippen molar-refractivity contribution in [1.29, 1.82) is 0 Å². The van der Waals surface area contributed by atoms with Crippen LogP contribution in [-0.2, 0) is 6.54 Å². The summed E-state index contributed by atoms with van der Waals surface area (Å²) in [5.74, 6) is 0. The average molecular weight is 324 g/mol. The third-order valence-electron chi connectivity index (χ3n) is 3.36. The van der Waals surface area contributed by atoms with Crippen LogP contribution in [0.15, 0.2) is 23.6 Å². The van der Waals surface area contributed by atoms with Crippen molar-refractivity contribution in [3.63, 3.8) is 0 Å². The molecule has 21 heavy (non-hydrogen) atoms.